The van der Waals surface area contributed by atoms with Gasteiger partial charge in [0.05, 0.1) is 0 Å². The Hall–Kier alpha value is -1.25. The lowest BCUT2D eigenvalue weighted by Gasteiger charge is -2.16. The smallest absolute Gasteiger partial charge is 0.173 e. The highest BCUT2D eigenvalue weighted by Gasteiger charge is 2.32. The maximum atomic E-state index is 11.3. The zero-order valence-electron chi connectivity index (χ0n) is 7.79. The molecule has 0 saturated carbocycles. The molecule has 3 nitrogen and oxygen atoms in total. The van der Waals surface area contributed by atoms with Gasteiger partial charge in [-0.15, -0.1) is 0 Å². The summed E-state index contributed by atoms with van der Waals surface area (Å²) >= 11 is 0. The number of hydrogen-bond acceptors (Lipinski definition) is 3. The third-order valence-corrected chi connectivity index (χ3v) is 2.21. The second-order valence-corrected chi connectivity index (χ2v) is 3.25. The van der Waals surface area contributed by atoms with Gasteiger partial charge in [-0.1, -0.05) is 12.5 Å². The normalized spacial score (nSPS) is 22.9. The average molecular weight is 180 g/mol. The Morgan fingerprint density at radius 3 is 2.54 bits per heavy atom. The van der Waals surface area contributed by atoms with Crippen molar-refractivity contribution >= 4 is 17.3 Å². The molecule has 0 aliphatic heterocycles. The zero-order chi connectivity index (χ0) is 10.0. The molecule has 0 spiro atoms. The number of Topliss-reactive ketones (excluding diaryl/α,β-unsaturated/α-hetero) is 2. The summed E-state index contributed by atoms with van der Waals surface area (Å²) in [5.74, 6) is -1.96. The Labute approximate surface area is 76.8 Å². The molecule has 3 heteroatoms. The highest BCUT2D eigenvalue weighted by molar-refractivity contribution is 6.24. The predicted molar refractivity (Wildman–Crippen MR) is 47.2 cm³/mol. The van der Waals surface area contributed by atoms with Gasteiger partial charge in [0.1, 0.15) is 11.7 Å². The standard InChI is InChI=1S/C10H12O3/c1-3-7-4-8(12)10(6(2)11)9(13)5-7/h4,10H,3,5H2,1-2H3. The summed E-state index contributed by atoms with van der Waals surface area (Å²) < 4.78 is 0. The third-order valence-electron chi connectivity index (χ3n) is 2.21. The molecule has 1 unspecified atom stereocenters. The van der Waals surface area contributed by atoms with E-state index >= 15 is 0 Å². The number of ketones is 3. The summed E-state index contributed by atoms with van der Waals surface area (Å²) in [7, 11) is 0. The summed E-state index contributed by atoms with van der Waals surface area (Å²) in [5.41, 5.74) is 0.826. The molecule has 0 radical (unpaired) electrons. The summed E-state index contributed by atoms with van der Waals surface area (Å²) in [6.07, 6.45) is 2.39. The number of carbonyl (C=O) groups is 3. The van der Waals surface area contributed by atoms with Gasteiger partial charge in [0.15, 0.2) is 11.6 Å². The molecular formula is C10H12O3. The van der Waals surface area contributed by atoms with E-state index in [9.17, 15) is 14.4 Å². The molecule has 1 atom stereocenters. The lowest BCUT2D eigenvalue weighted by atomic mass is 9.84. The molecule has 1 aliphatic rings. The van der Waals surface area contributed by atoms with Crippen LogP contribution < -0.4 is 0 Å². The van der Waals surface area contributed by atoms with Crippen molar-refractivity contribution in [3.8, 4) is 0 Å². The fraction of sp³-hybridized carbons (Fsp3) is 0.500. The second-order valence-electron chi connectivity index (χ2n) is 3.25. The van der Waals surface area contributed by atoms with Gasteiger partial charge in [0, 0.05) is 6.42 Å². The first kappa shape index (κ1) is 9.84. The van der Waals surface area contributed by atoms with E-state index in [1.54, 1.807) is 0 Å². The molecule has 70 valence electrons. The monoisotopic (exact) mass is 180 g/mol. The van der Waals surface area contributed by atoms with Gasteiger partial charge in [0.2, 0.25) is 0 Å². The topological polar surface area (TPSA) is 51.2 Å². The van der Waals surface area contributed by atoms with E-state index in [1.165, 1.54) is 13.0 Å². The van der Waals surface area contributed by atoms with Gasteiger partial charge >= 0.3 is 0 Å². The van der Waals surface area contributed by atoms with Crippen LogP contribution in [-0.2, 0) is 14.4 Å². The quantitative estimate of drug-likeness (QED) is 0.597. The van der Waals surface area contributed by atoms with Crippen molar-refractivity contribution in [1.82, 2.24) is 0 Å². The minimum atomic E-state index is -1.02. The molecule has 1 rings (SSSR count). The van der Waals surface area contributed by atoms with E-state index in [0.717, 1.165) is 5.57 Å². The average Bonchev–Trinajstić information content (AvgIpc) is 2.02. The molecule has 13 heavy (non-hydrogen) atoms. The van der Waals surface area contributed by atoms with Crippen molar-refractivity contribution in [2.45, 2.75) is 26.7 Å². The lowest BCUT2D eigenvalue weighted by molar-refractivity contribution is -0.137. The third kappa shape index (κ3) is 1.91. The number of rotatable bonds is 2. The van der Waals surface area contributed by atoms with E-state index in [4.69, 9.17) is 0 Å². The van der Waals surface area contributed by atoms with E-state index in [2.05, 4.69) is 0 Å². The van der Waals surface area contributed by atoms with E-state index in [0.29, 0.717) is 6.42 Å². The SMILES string of the molecule is CCC1=CC(=O)C(C(C)=O)C(=O)C1. The van der Waals surface area contributed by atoms with Gasteiger partial charge in [0.25, 0.3) is 0 Å². The number of carbonyl (C=O) groups excluding carboxylic acids is 3. The van der Waals surface area contributed by atoms with E-state index in [1.807, 2.05) is 6.92 Å². The van der Waals surface area contributed by atoms with E-state index < -0.39 is 5.92 Å². The summed E-state index contributed by atoms with van der Waals surface area (Å²) in [6.45, 7) is 3.17. The molecule has 0 amide bonds. The highest BCUT2D eigenvalue weighted by atomic mass is 16.2. The molecule has 0 bridgehead atoms. The van der Waals surface area contributed by atoms with Crippen molar-refractivity contribution in [1.29, 1.82) is 0 Å². The summed E-state index contributed by atoms with van der Waals surface area (Å²) in [4.78, 5) is 33.6. The first-order valence-corrected chi connectivity index (χ1v) is 4.32. The highest BCUT2D eigenvalue weighted by Crippen LogP contribution is 2.20. The molecule has 1 aliphatic carbocycles. The van der Waals surface area contributed by atoms with Crippen LogP contribution >= 0.6 is 0 Å². The van der Waals surface area contributed by atoms with Crippen LogP contribution in [-0.4, -0.2) is 17.3 Å². The zero-order valence-corrected chi connectivity index (χ0v) is 7.79. The van der Waals surface area contributed by atoms with Crippen LogP contribution in [0, 0.1) is 5.92 Å². The molecule has 0 heterocycles. The van der Waals surface area contributed by atoms with Crippen molar-refractivity contribution in [3.05, 3.63) is 11.6 Å². The molecular weight excluding hydrogens is 168 g/mol. The van der Waals surface area contributed by atoms with E-state index in [-0.39, 0.29) is 23.8 Å². The Kier molecular flexibility index (Phi) is 2.76. The van der Waals surface area contributed by atoms with Gasteiger partial charge in [-0.25, -0.2) is 0 Å². The Balaban J connectivity index is 2.95. The largest absolute Gasteiger partial charge is 0.299 e. The minimum absolute atomic E-state index is 0.253. The van der Waals surface area contributed by atoms with Crippen LogP contribution in [0.2, 0.25) is 0 Å². The summed E-state index contributed by atoms with van der Waals surface area (Å²) in [6, 6.07) is 0. The van der Waals surface area contributed by atoms with Crippen LogP contribution in [0.5, 0.6) is 0 Å². The number of allylic oxidation sites excluding steroid dienone is 2. The van der Waals surface area contributed by atoms with Gasteiger partial charge in [-0.2, -0.15) is 0 Å². The van der Waals surface area contributed by atoms with Crippen molar-refractivity contribution in [2.75, 3.05) is 0 Å². The Bertz CT molecular complexity index is 299. The molecule has 0 aromatic heterocycles. The van der Waals surface area contributed by atoms with Crippen LogP contribution in [0.1, 0.15) is 26.7 Å². The fourth-order valence-electron chi connectivity index (χ4n) is 1.47. The number of hydrogen-bond donors (Lipinski definition) is 0. The Morgan fingerprint density at radius 2 is 2.15 bits per heavy atom. The van der Waals surface area contributed by atoms with Crippen molar-refractivity contribution in [3.63, 3.8) is 0 Å². The van der Waals surface area contributed by atoms with Crippen molar-refractivity contribution < 1.29 is 14.4 Å². The minimum Gasteiger partial charge on any atom is -0.299 e. The first-order valence-electron chi connectivity index (χ1n) is 4.32. The molecule has 0 aromatic carbocycles. The summed E-state index contributed by atoms with van der Waals surface area (Å²) in [5, 5.41) is 0. The van der Waals surface area contributed by atoms with Crippen LogP contribution in [0.4, 0.5) is 0 Å². The Morgan fingerprint density at radius 1 is 1.54 bits per heavy atom. The maximum Gasteiger partial charge on any atom is 0.173 e. The maximum absolute atomic E-state index is 11.3. The fourth-order valence-corrected chi connectivity index (χ4v) is 1.47. The first-order chi connectivity index (χ1) is 6.06. The van der Waals surface area contributed by atoms with Gasteiger partial charge in [-0.3, -0.25) is 14.4 Å². The van der Waals surface area contributed by atoms with Crippen LogP contribution in [0.3, 0.4) is 0 Å². The van der Waals surface area contributed by atoms with Gasteiger partial charge < -0.3 is 0 Å². The van der Waals surface area contributed by atoms with Crippen LogP contribution in [0.25, 0.3) is 0 Å². The molecule has 0 saturated heterocycles. The molecule has 0 N–H and O–H groups in total. The predicted octanol–water partition coefficient (Wildman–Crippen LogP) is 1.07. The van der Waals surface area contributed by atoms with Gasteiger partial charge in [-0.05, 0) is 19.4 Å². The van der Waals surface area contributed by atoms with Crippen molar-refractivity contribution in [2.24, 2.45) is 5.92 Å². The molecule has 0 aromatic rings. The lowest BCUT2D eigenvalue weighted by Crippen LogP contribution is -2.32. The second kappa shape index (κ2) is 3.64. The van der Waals surface area contributed by atoms with Crippen LogP contribution in [0.15, 0.2) is 11.6 Å². The molecule has 0 fully saturated rings.